The lowest BCUT2D eigenvalue weighted by molar-refractivity contribution is 0.181. The Balaban J connectivity index is 2.23. The maximum Gasteiger partial charge on any atom is 0.317 e. The van der Waals surface area contributed by atoms with Crippen LogP contribution in [0.2, 0.25) is 0 Å². The normalized spacial score (nSPS) is 17.9. The standard InChI is InChI=1S/C12H26N4O/c1-12(2,3)14-11(17)15(4)9-10-16-7-5-13-6-8-16/h13H,5-10H2,1-4H3,(H,14,17). The number of carbonyl (C=O) groups is 1. The molecule has 1 rings (SSSR count). The molecule has 0 atom stereocenters. The van der Waals surface area contributed by atoms with Crippen LogP contribution in [0.15, 0.2) is 0 Å². The zero-order chi connectivity index (χ0) is 12.9. The monoisotopic (exact) mass is 242 g/mol. The summed E-state index contributed by atoms with van der Waals surface area (Å²) >= 11 is 0. The fraction of sp³-hybridized carbons (Fsp3) is 0.917. The second-order valence-electron chi connectivity index (χ2n) is 5.69. The first-order chi connectivity index (χ1) is 7.88. The van der Waals surface area contributed by atoms with Gasteiger partial charge in [0.15, 0.2) is 0 Å². The summed E-state index contributed by atoms with van der Waals surface area (Å²) in [6.07, 6.45) is 0. The van der Waals surface area contributed by atoms with Crippen LogP contribution < -0.4 is 10.6 Å². The lowest BCUT2D eigenvalue weighted by Gasteiger charge is -2.30. The zero-order valence-electron chi connectivity index (χ0n) is 11.5. The van der Waals surface area contributed by atoms with E-state index >= 15 is 0 Å². The van der Waals surface area contributed by atoms with E-state index < -0.39 is 0 Å². The number of urea groups is 1. The third kappa shape index (κ3) is 5.89. The van der Waals surface area contributed by atoms with Crippen molar-refractivity contribution in [3.05, 3.63) is 0 Å². The van der Waals surface area contributed by atoms with Gasteiger partial charge in [0.2, 0.25) is 0 Å². The van der Waals surface area contributed by atoms with Crippen molar-refractivity contribution in [3.8, 4) is 0 Å². The van der Waals surface area contributed by atoms with E-state index in [1.54, 1.807) is 4.90 Å². The minimum Gasteiger partial charge on any atom is -0.333 e. The van der Waals surface area contributed by atoms with Crippen molar-refractivity contribution in [3.63, 3.8) is 0 Å². The lowest BCUT2D eigenvalue weighted by atomic mass is 10.1. The van der Waals surface area contributed by atoms with Gasteiger partial charge in [-0.3, -0.25) is 4.90 Å². The third-order valence-electron chi connectivity index (χ3n) is 2.79. The highest BCUT2D eigenvalue weighted by Gasteiger charge is 2.17. The average Bonchev–Trinajstić information content (AvgIpc) is 2.25. The molecule has 17 heavy (non-hydrogen) atoms. The Labute approximate surface area is 105 Å². The topological polar surface area (TPSA) is 47.6 Å². The molecule has 0 aromatic rings. The molecule has 0 aromatic heterocycles. The maximum atomic E-state index is 11.8. The van der Waals surface area contributed by atoms with Crippen LogP contribution in [-0.4, -0.2) is 67.7 Å². The molecule has 0 unspecified atom stereocenters. The molecule has 0 aromatic carbocycles. The first-order valence-corrected chi connectivity index (χ1v) is 6.35. The SMILES string of the molecule is CN(CCN1CCNCC1)C(=O)NC(C)(C)C. The molecular weight excluding hydrogens is 216 g/mol. The van der Waals surface area contributed by atoms with Gasteiger partial charge in [-0.15, -0.1) is 0 Å². The number of hydrogen-bond acceptors (Lipinski definition) is 3. The van der Waals surface area contributed by atoms with E-state index in [0.717, 1.165) is 39.3 Å². The van der Waals surface area contributed by atoms with E-state index in [4.69, 9.17) is 0 Å². The first kappa shape index (κ1) is 14.3. The molecule has 0 radical (unpaired) electrons. The molecule has 1 fully saturated rings. The summed E-state index contributed by atoms with van der Waals surface area (Å²) in [5.74, 6) is 0. The Morgan fingerprint density at radius 1 is 1.35 bits per heavy atom. The Morgan fingerprint density at radius 3 is 2.47 bits per heavy atom. The molecule has 5 heteroatoms. The predicted octanol–water partition coefficient (Wildman–Crippen LogP) is 0.332. The molecule has 100 valence electrons. The smallest absolute Gasteiger partial charge is 0.317 e. The van der Waals surface area contributed by atoms with Gasteiger partial charge in [0, 0.05) is 51.9 Å². The molecular formula is C12H26N4O. The van der Waals surface area contributed by atoms with Crippen molar-refractivity contribution in [2.24, 2.45) is 0 Å². The van der Waals surface area contributed by atoms with E-state index in [1.807, 2.05) is 27.8 Å². The number of piperazine rings is 1. The second-order valence-corrected chi connectivity index (χ2v) is 5.69. The van der Waals surface area contributed by atoms with Crippen LogP contribution >= 0.6 is 0 Å². The van der Waals surface area contributed by atoms with Crippen LogP contribution in [0.25, 0.3) is 0 Å². The number of carbonyl (C=O) groups excluding carboxylic acids is 1. The number of hydrogen-bond donors (Lipinski definition) is 2. The van der Waals surface area contributed by atoms with Crippen LogP contribution in [0, 0.1) is 0 Å². The van der Waals surface area contributed by atoms with Crippen molar-refractivity contribution >= 4 is 6.03 Å². The Morgan fingerprint density at radius 2 is 1.94 bits per heavy atom. The molecule has 2 N–H and O–H groups in total. The van der Waals surface area contributed by atoms with Gasteiger partial charge in [0.05, 0.1) is 0 Å². The molecule has 1 heterocycles. The lowest BCUT2D eigenvalue weighted by Crippen LogP contribution is -2.50. The molecule has 0 spiro atoms. The van der Waals surface area contributed by atoms with Gasteiger partial charge in [0.1, 0.15) is 0 Å². The molecule has 2 amide bonds. The molecule has 0 aliphatic carbocycles. The van der Waals surface area contributed by atoms with Gasteiger partial charge in [-0.25, -0.2) is 4.79 Å². The maximum absolute atomic E-state index is 11.8. The highest BCUT2D eigenvalue weighted by atomic mass is 16.2. The Bertz CT molecular complexity index is 243. The molecule has 0 saturated carbocycles. The number of amides is 2. The highest BCUT2D eigenvalue weighted by Crippen LogP contribution is 2.00. The van der Waals surface area contributed by atoms with Gasteiger partial charge in [-0.1, -0.05) is 0 Å². The Kier molecular flexibility index (Phi) is 5.21. The van der Waals surface area contributed by atoms with Crippen molar-refractivity contribution in [2.45, 2.75) is 26.3 Å². The quantitative estimate of drug-likeness (QED) is 0.750. The predicted molar refractivity (Wildman–Crippen MR) is 70.2 cm³/mol. The average molecular weight is 242 g/mol. The molecule has 1 aliphatic rings. The third-order valence-corrected chi connectivity index (χ3v) is 2.79. The Hall–Kier alpha value is -0.810. The van der Waals surface area contributed by atoms with Gasteiger partial charge < -0.3 is 15.5 Å². The van der Waals surface area contributed by atoms with Crippen molar-refractivity contribution in [1.82, 2.24) is 20.4 Å². The van der Waals surface area contributed by atoms with Crippen molar-refractivity contribution in [2.75, 3.05) is 46.3 Å². The number of nitrogens with one attached hydrogen (secondary N) is 2. The van der Waals surface area contributed by atoms with E-state index in [9.17, 15) is 4.79 Å². The number of rotatable bonds is 3. The first-order valence-electron chi connectivity index (χ1n) is 6.35. The summed E-state index contributed by atoms with van der Waals surface area (Å²) in [5.41, 5.74) is -0.166. The van der Waals surface area contributed by atoms with Gasteiger partial charge in [0.25, 0.3) is 0 Å². The fourth-order valence-electron chi connectivity index (χ4n) is 1.74. The van der Waals surface area contributed by atoms with Crippen LogP contribution in [-0.2, 0) is 0 Å². The van der Waals surface area contributed by atoms with Crippen molar-refractivity contribution in [1.29, 1.82) is 0 Å². The molecule has 1 aliphatic heterocycles. The van der Waals surface area contributed by atoms with Crippen LogP contribution in [0.4, 0.5) is 4.79 Å². The summed E-state index contributed by atoms with van der Waals surface area (Å²) in [6, 6.07) is 0.00707. The van der Waals surface area contributed by atoms with Crippen LogP contribution in [0.1, 0.15) is 20.8 Å². The molecule has 5 nitrogen and oxygen atoms in total. The summed E-state index contributed by atoms with van der Waals surface area (Å²) in [5, 5.41) is 6.28. The summed E-state index contributed by atoms with van der Waals surface area (Å²) < 4.78 is 0. The molecule has 0 bridgehead atoms. The van der Waals surface area contributed by atoms with Crippen LogP contribution in [0.5, 0.6) is 0 Å². The highest BCUT2D eigenvalue weighted by molar-refractivity contribution is 5.74. The van der Waals surface area contributed by atoms with Crippen molar-refractivity contribution < 1.29 is 4.79 Å². The van der Waals surface area contributed by atoms with E-state index in [2.05, 4.69) is 15.5 Å². The van der Waals surface area contributed by atoms with E-state index in [1.165, 1.54) is 0 Å². The summed E-state index contributed by atoms with van der Waals surface area (Å²) in [6.45, 7) is 12.0. The van der Waals surface area contributed by atoms with Gasteiger partial charge >= 0.3 is 6.03 Å². The second kappa shape index (κ2) is 6.21. The minimum absolute atomic E-state index is 0.00707. The minimum atomic E-state index is -0.166. The van der Waals surface area contributed by atoms with Gasteiger partial charge in [-0.2, -0.15) is 0 Å². The summed E-state index contributed by atoms with van der Waals surface area (Å²) in [7, 11) is 1.85. The van der Waals surface area contributed by atoms with Gasteiger partial charge in [-0.05, 0) is 20.8 Å². The number of likely N-dealkylation sites (N-methyl/N-ethyl adjacent to an activating group) is 1. The molecule has 1 saturated heterocycles. The zero-order valence-corrected chi connectivity index (χ0v) is 11.5. The fourth-order valence-corrected chi connectivity index (χ4v) is 1.74. The van der Waals surface area contributed by atoms with E-state index in [0.29, 0.717) is 0 Å². The number of nitrogens with zero attached hydrogens (tertiary/aromatic N) is 2. The van der Waals surface area contributed by atoms with Crippen LogP contribution in [0.3, 0.4) is 0 Å². The van der Waals surface area contributed by atoms with E-state index in [-0.39, 0.29) is 11.6 Å². The summed E-state index contributed by atoms with van der Waals surface area (Å²) in [4.78, 5) is 16.0. The largest absolute Gasteiger partial charge is 0.333 e.